The van der Waals surface area contributed by atoms with Crippen LogP contribution in [0.1, 0.15) is 41.5 Å². The van der Waals surface area contributed by atoms with Crippen LogP contribution in [-0.2, 0) is 6.42 Å². The second-order valence-electron chi connectivity index (χ2n) is 5.86. The molecule has 1 saturated heterocycles. The molecule has 1 aromatic heterocycles. The maximum atomic E-state index is 5.44. The van der Waals surface area contributed by atoms with Crippen molar-refractivity contribution < 1.29 is 4.74 Å². The Balaban J connectivity index is 1.85. The van der Waals surface area contributed by atoms with E-state index in [0.29, 0.717) is 5.92 Å². The summed E-state index contributed by atoms with van der Waals surface area (Å²) in [7, 11) is 1.71. The molecule has 4 heteroatoms. The molecule has 1 aliphatic rings. The highest BCUT2D eigenvalue weighted by atomic mass is 16.5. The number of nitrogens with one attached hydrogen (secondary N) is 1. The minimum Gasteiger partial charge on any atom is -0.496 e. The first kappa shape index (κ1) is 15.0. The number of hydrogen-bond acceptors (Lipinski definition) is 4. The number of nitrogens with zero attached hydrogens (tertiary/aromatic N) is 2. The topological polar surface area (TPSA) is 47.0 Å². The molecular weight excluding hydrogens is 274 g/mol. The summed E-state index contributed by atoms with van der Waals surface area (Å²) >= 11 is 0. The first-order valence-corrected chi connectivity index (χ1v) is 7.93. The Hall–Kier alpha value is -1.94. The summed E-state index contributed by atoms with van der Waals surface area (Å²) in [6, 6.07) is 10.3. The quantitative estimate of drug-likeness (QED) is 0.942. The molecule has 0 bridgehead atoms. The van der Waals surface area contributed by atoms with Crippen LogP contribution in [0.25, 0.3) is 0 Å². The molecule has 22 heavy (non-hydrogen) atoms. The Bertz CT molecular complexity index is 636. The fraction of sp³-hybridized carbons (Fsp3) is 0.444. The Kier molecular flexibility index (Phi) is 4.68. The normalized spacial score (nSPS) is 18.2. The van der Waals surface area contributed by atoms with Crippen LogP contribution in [0.5, 0.6) is 5.75 Å². The summed E-state index contributed by atoms with van der Waals surface area (Å²) < 4.78 is 5.44. The van der Waals surface area contributed by atoms with E-state index >= 15 is 0 Å². The van der Waals surface area contributed by atoms with Gasteiger partial charge in [-0.15, -0.1) is 0 Å². The van der Waals surface area contributed by atoms with Crippen LogP contribution in [0.4, 0.5) is 0 Å². The summed E-state index contributed by atoms with van der Waals surface area (Å²) in [4.78, 5) is 9.27. The van der Waals surface area contributed by atoms with E-state index in [-0.39, 0.29) is 0 Å². The highest BCUT2D eigenvalue weighted by Gasteiger charge is 2.18. The molecule has 1 N–H and O–H groups in total. The summed E-state index contributed by atoms with van der Waals surface area (Å²) in [6.07, 6.45) is 3.20. The minimum atomic E-state index is 0.506. The summed E-state index contributed by atoms with van der Waals surface area (Å²) in [5.41, 5.74) is 3.40. The van der Waals surface area contributed by atoms with Crippen LogP contribution in [0.2, 0.25) is 0 Å². The number of para-hydroxylation sites is 1. The lowest BCUT2D eigenvalue weighted by atomic mass is 9.95. The van der Waals surface area contributed by atoms with E-state index in [2.05, 4.69) is 27.4 Å². The molecule has 0 spiro atoms. The summed E-state index contributed by atoms with van der Waals surface area (Å²) in [5, 5.41) is 3.46. The third-order valence-electron chi connectivity index (χ3n) is 4.19. The average Bonchev–Trinajstić information content (AvgIpc) is 2.56. The van der Waals surface area contributed by atoms with Gasteiger partial charge in [0.25, 0.3) is 0 Å². The SMILES string of the molecule is COc1ccccc1Cc1cc([C@H]2CCCNC2)nc(C)n1. The predicted octanol–water partition coefficient (Wildman–Crippen LogP) is 2.85. The van der Waals surface area contributed by atoms with Gasteiger partial charge in [-0.2, -0.15) is 0 Å². The van der Waals surface area contributed by atoms with Crippen molar-refractivity contribution in [1.29, 1.82) is 0 Å². The third kappa shape index (κ3) is 3.45. The van der Waals surface area contributed by atoms with Crippen LogP contribution in [0, 0.1) is 6.92 Å². The van der Waals surface area contributed by atoms with Gasteiger partial charge in [0.1, 0.15) is 11.6 Å². The van der Waals surface area contributed by atoms with Gasteiger partial charge in [0.2, 0.25) is 0 Å². The second kappa shape index (κ2) is 6.88. The van der Waals surface area contributed by atoms with Crippen molar-refractivity contribution in [2.45, 2.75) is 32.1 Å². The van der Waals surface area contributed by atoms with Gasteiger partial charge in [0.15, 0.2) is 0 Å². The van der Waals surface area contributed by atoms with Gasteiger partial charge in [-0.05, 0) is 38.4 Å². The highest BCUT2D eigenvalue weighted by molar-refractivity contribution is 5.36. The number of methoxy groups -OCH3 is 1. The van der Waals surface area contributed by atoms with Gasteiger partial charge in [0, 0.05) is 35.8 Å². The number of ether oxygens (including phenoxy) is 1. The lowest BCUT2D eigenvalue weighted by Gasteiger charge is -2.22. The summed E-state index contributed by atoms with van der Waals surface area (Å²) in [6.45, 7) is 4.12. The number of rotatable bonds is 4. The zero-order valence-electron chi connectivity index (χ0n) is 13.3. The zero-order valence-corrected chi connectivity index (χ0v) is 13.3. The first-order chi connectivity index (χ1) is 10.8. The van der Waals surface area contributed by atoms with Crippen molar-refractivity contribution in [3.63, 3.8) is 0 Å². The number of aromatic nitrogens is 2. The van der Waals surface area contributed by atoms with E-state index < -0.39 is 0 Å². The lowest BCUT2D eigenvalue weighted by Crippen LogP contribution is -2.29. The standard InChI is InChI=1S/C18H23N3O/c1-13-20-16(10-14-6-3-4-8-18(14)22-2)11-17(21-13)15-7-5-9-19-12-15/h3-4,6,8,11,15,19H,5,7,9-10,12H2,1-2H3/t15-/m0/s1. The van der Waals surface area contributed by atoms with E-state index in [4.69, 9.17) is 4.74 Å². The molecule has 1 aliphatic heterocycles. The molecule has 0 unspecified atom stereocenters. The highest BCUT2D eigenvalue weighted by Crippen LogP contribution is 2.24. The van der Waals surface area contributed by atoms with Crippen LogP contribution in [-0.4, -0.2) is 30.2 Å². The van der Waals surface area contributed by atoms with Gasteiger partial charge in [-0.1, -0.05) is 18.2 Å². The largest absolute Gasteiger partial charge is 0.496 e. The van der Waals surface area contributed by atoms with E-state index in [1.54, 1.807) is 7.11 Å². The number of aryl methyl sites for hydroxylation is 1. The summed E-state index contributed by atoms with van der Waals surface area (Å²) in [5.74, 6) is 2.28. The van der Waals surface area contributed by atoms with E-state index in [0.717, 1.165) is 42.3 Å². The van der Waals surface area contributed by atoms with Crippen LogP contribution in [0.15, 0.2) is 30.3 Å². The Labute approximate surface area is 132 Å². The Morgan fingerprint density at radius 3 is 2.91 bits per heavy atom. The maximum Gasteiger partial charge on any atom is 0.125 e. The molecule has 2 aromatic rings. The monoisotopic (exact) mass is 297 g/mol. The molecule has 3 rings (SSSR count). The molecule has 1 aromatic carbocycles. The number of piperidine rings is 1. The van der Waals surface area contributed by atoms with E-state index in [1.165, 1.54) is 18.5 Å². The maximum absolute atomic E-state index is 5.44. The molecular formula is C18H23N3O. The van der Waals surface area contributed by atoms with E-state index in [9.17, 15) is 0 Å². The third-order valence-corrected chi connectivity index (χ3v) is 4.19. The van der Waals surface area contributed by atoms with Crippen molar-refractivity contribution >= 4 is 0 Å². The van der Waals surface area contributed by atoms with Crippen molar-refractivity contribution in [2.24, 2.45) is 0 Å². The molecule has 116 valence electrons. The Morgan fingerprint density at radius 1 is 1.27 bits per heavy atom. The molecule has 0 amide bonds. The minimum absolute atomic E-state index is 0.506. The van der Waals surface area contributed by atoms with E-state index in [1.807, 2.05) is 25.1 Å². The number of benzene rings is 1. The fourth-order valence-electron chi connectivity index (χ4n) is 3.10. The smallest absolute Gasteiger partial charge is 0.125 e. The molecule has 2 heterocycles. The molecule has 0 radical (unpaired) electrons. The molecule has 0 aliphatic carbocycles. The zero-order chi connectivity index (χ0) is 15.4. The number of hydrogen-bond donors (Lipinski definition) is 1. The predicted molar refractivity (Wildman–Crippen MR) is 87.4 cm³/mol. The van der Waals surface area contributed by atoms with Crippen LogP contribution in [0.3, 0.4) is 0 Å². The first-order valence-electron chi connectivity index (χ1n) is 7.93. The van der Waals surface area contributed by atoms with Gasteiger partial charge < -0.3 is 10.1 Å². The Morgan fingerprint density at radius 2 is 2.14 bits per heavy atom. The van der Waals surface area contributed by atoms with Gasteiger partial charge in [0.05, 0.1) is 7.11 Å². The molecule has 1 fully saturated rings. The van der Waals surface area contributed by atoms with Crippen molar-refractivity contribution in [2.75, 3.05) is 20.2 Å². The average molecular weight is 297 g/mol. The van der Waals surface area contributed by atoms with Gasteiger partial charge in [-0.25, -0.2) is 9.97 Å². The van der Waals surface area contributed by atoms with Crippen molar-refractivity contribution in [3.05, 3.63) is 53.1 Å². The van der Waals surface area contributed by atoms with Crippen LogP contribution >= 0.6 is 0 Å². The molecule has 0 saturated carbocycles. The molecule has 4 nitrogen and oxygen atoms in total. The van der Waals surface area contributed by atoms with Crippen molar-refractivity contribution in [3.8, 4) is 5.75 Å². The molecule has 1 atom stereocenters. The van der Waals surface area contributed by atoms with Gasteiger partial charge >= 0.3 is 0 Å². The van der Waals surface area contributed by atoms with Crippen LogP contribution < -0.4 is 10.1 Å². The van der Waals surface area contributed by atoms with Crippen molar-refractivity contribution in [1.82, 2.24) is 15.3 Å². The second-order valence-corrected chi connectivity index (χ2v) is 5.86. The fourth-order valence-corrected chi connectivity index (χ4v) is 3.10. The lowest BCUT2D eigenvalue weighted by molar-refractivity contribution is 0.410. The van der Waals surface area contributed by atoms with Gasteiger partial charge in [-0.3, -0.25) is 0 Å².